The first kappa shape index (κ1) is 10.4. The highest BCUT2D eigenvalue weighted by Gasteiger charge is 2.03. The van der Waals surface area contributed by atoms with E-state index < -0.39 is 5.97 Å². The summed E-state index contributed by atoms with van der Waals surface area (Å²) >= 11 is 0. The molecule has 0 aliphatic rings. The zero-order valence-electron chi connectivity index (χ0n) is 5.83. The van der Waals surface area contributed by atoms with Crippen molar-refractivity contribution < 1.29 is 14.7 Å². The molecule has 0 aromatic heterocycles. The minimum atomic E-state index is -0.973. The third-order valence-corrected chi connectivity index (χ3v) is 1.05. The molecule has 7 heteroatoms. The molecule has 0 spiro atoms. The van der Waals surface area contributed by atoms with Crippen molar-refractivity contribution in [1.29, 1.82) is 0 Å². The van der Waals surface area contributed by atoms with Crippen LogP contribution in [0.25, 0.3) is 0 Å². The Morgan fingerprint density at radius 2 is 2.09 bits per heavy atom. The molecule has 1 unspecified atom stereocenters. The highest BCUT2D eigenvalue weighted by Crippen LogP contribution is 1.86. The fourth-order valence-electron chi connectivity index (χ4n) is 0.415. The number of amides is 1. The second kappa shape index (κ2) is 6.13. The molecule has 1 atom stereocenters. The summed E-state index contributed by atoms with van der Waals surface area (Å²) in [4.78, 5) is 23.1. The minimum Gasteiger partial charge on any atom is -0.481 e. The maximum absolute atomic E-state index is 10.7. The Balaban J connectivity index is 3.30. The lowest BCUT2D eigenvalue weighted by Gasteiger charge is -1.98. The number of rotatable bonds is 5. The molecule has 5 nitrogen and oxygen atoms in total. The molecule has 3 N–H and O–H groups in total. The van der Waals surface area contributed by atoms with Crippen LogP contribution in [-0.2, 0) is 9.59 Å². The molecule has 0 aromatic rings. The van der Waals surface area contributed by atoms with Gasteiger partial charge in [0.05, 0.1) is 6.42 Å². The highest BCUT2D eigenvalue weighted by molar-refractivity contribution is 7.16. The van der Waals surface area contributed by atoms with Gasteiger partial charge in [-0.05, 0) is 0 Å². The van der Waals surface area contributed by atoms with Gasteiger partial charge in [0.15, 0.2) is 0 Å². The van der Waals surface area contributed by atoms with E-state index in [9.17, 15) is 9.59 Å². The van der Waals surface area contributed by atoms with Gasteiger partial charge in [-0.1, -0.05) is 9.39 Å². The van der Waals surface area contributed by atoms with Gasteiger partial charge in [0.1, 0.15) is 0 Å². The molecule has 0 saturated heterocycles. The number of hydrogen-bond donors (Lipinski definition) is 3. The van der Waals surface area contributed by atoms with Crippen LogP contribution in [0.2, 0.25) is 0 Å². The van der Waals surface area contributed by atoms with E-state index in [0.29, 0.717) is 0 Å². The van der Waals surface area contributed by atoms with Gasteiger partial charge in [-0.3, -0.25) is 9.59 Å². The number of carboxylic acids is 1. The van der Waals surface area contributed by atoms with Gasteiger partial charge in [-0.25, -0.2) is 0 Å². The van der Waals surface area contributed by atoms with Gasteiger partial charge < -0.3 is 15.3 Å². The maximum atomic E-state index is 10.7. The normalized spacial score (nSPS) is 8.82. The van der Waals surface area contributed by atoms with Crippen molar-refractivity contribution in [2.45, 2.75) is 12.8 Å². The monoisotopic (exact) mass is 175 g/mol. The van der Waals surface area contributed by atoms with Gasteiger partial charge in [0.2, 0.25) is 5.91 Å². The van der Waals surface area contributed by atoms with Crippen LogP contribution in [0.3, 0.4) is 0 Å². The van der Waals surface area contributed by atoms with Crippen molar-refractivity contribution in [1.82, 2.24) is 10.2 Å². The molecular weight excluding hydrogens is 166 g/mol. The van der Waals surface area contributed by atoms with Crippen LogP contribution in [0.4, 0.5) is 0 Å². The third kappa shape index (κ3) is 7.29. The molecule has 0 aliphatic carbocycles. The van der Waals surface area contributed by atoms with E-state index in [-0.39, 0.29) is 18.7 Å². The number of nitrogens with one attached hydrogen (secondary N) is 2. The van der Waals surface area contributed by atoms with Crippen molar-refractivity contribution in [3.05, 3.63) is 0 Å². The van der Waals surface area contributed by atoms with Crippen LogP contribution in [0.15, 0.2) is 0 Å². The zero-order chi connectivity index (χ0) is 8.69. The maximum Gasteiger partial charge on any atom is 0.352 e. The van der Waals surface area contributed by atoms with Gasteiger partial charge in [-0.2, -0.15) is 0 Å². The Hall–Kier alpha value is -0.605. The average Bonchev–Trinajstić information content (AvgIpc) is 1.97. The van der Waals surface area contributed by atoms with Crippen LogP contribution in [0.5, 0.6) is 0 Å². The van der Waals surface area contributed by atoms with E-state index in [1.807, 2.05) is 0 Å². The van der Waals surface area contributed by atoms with E-state index in [0.717, 1.165) is 0 Å². The molecule has 1 radical (unpaired) electrons. The summed E-state index contributed by atoms with van der Waals surface area (Å²) in [6.07, 6.45) is -0.144. The Morgan fingerprint density at radius 1 is 1.45 bits per heavy atom. The van der Waals surface area contributed by atoms with Crippen molar-refractivity contribution in [3.63, 3.8) is 0 Å². The first-order chi connectivity index (χ1) is 5.16. The predicted molar refractivity (Wildman–Crippen MR) is 43.6 cm³/mol. The molecule has 0 aliphatic heterocycles. The van der Waals surface area contributed by atoms with E-state index >= 15 is 0 Å². The molecule has 1 amide bonds. The molecule has 0 aromatic carbocycles. The Bertz CT molecular complexity index is 154. The Morgan fingerprint density at radius 3 is 2.55 bits per heavy atom. The minimum absolute atomic E-state index is 0.00181. The van der Waals surface area contributed by atoms with Crippen LogP contribution >= 0.6 is 9.39 Å². The van der Waals surface area contributed by atoms with E-state index in [1.54, 1.807) is 0 Å². The zero-order valence-corrected chi connectivity index (χ0v) is 6.99. The summed E-state index contributed by atoms with van der Waals surface area (Å²) in [5, 5.41) is 10.5. The fraction of sp³-hybridized carbons (Fsp3) is 0.500. The standard InChI is InChI=1S/C4H9BN2O3P/c8-3(6-5-7-11)1-2-4(9)10/h7H,1-2,11H2,(H,6,8)(H,9,10). The average molecular weight is 175 g/mol. The highest BCUT2D eigenvalue weighted by atomic mass is 31.0. The number of aliphatic carboxylic acids is 1. The van der Waals surface area contributed by atoms with Gasteiger partial charge in [0, 0.05) is 6.42 Å². The van der Waals surface area contributed by atoms with Crippen LogP contribution < -0.4 is 10.2 Å². The van der Waals surface area contributed by atoms with Crippen molar-refractivity contribution in [3.8, 4) is 0 Å². The van der Waals surface area contributed by atoms with E-state index in [4.69, 9.17) is 5.11 Å². The third-order valence-electron chi connectivity index (χ3n) is 0.882. The number of carboxylic acid groups (broad SMARTS) is 1. The smallest absolute Gasteiger partial charge is 0.352 e. The first-order valence-corrected chi connectivity index (χ1v) is 3.53. The summed E-state index contributed by atoms with van der Waals surface area (Å²) in [5.41, 5.74) is 0. The molecule has 11 heavy (non-hydrogen) atoms. The lowest BCUT2D eigenvalue weighted by atomic mass is 10.2. The molecule has 0 rings (SSSR count). The summed E-state index contributed by atoms with van der Waals surface area (Å²) in [5.74, 6) is -1.29. The lowest BCUT2D eigenvalue weighted by Crippen LogP contribution is -2.33. The number of hydrogen-bond acceptors (Lipinski definition) is 3. The van der Waals surface area contributed by atoms with Crippen LogP contribution in [0, 0.1) is 0 Å². The van der Waals surface area contributed by atoms with Crippen molar-refractivity contribution in [2.24, 2.45) is 0 Å². The van der Waals surface area contributed by atoms with Crippen LogP contribution in [-0.4, -0.2) is 24.5 Å². The summed E-state index contributed by atoms with van der Waals surface area (Å²) in [7, 11) is 3.48. The van der Waals surface area contributed by atoms with E-state index in [2.05, 4.69) is 19.6 Å². The largest absolute Gasteiger partial charge is 0.481 e. The number of carbonyl (C=O) groups is 2. The molecular formula is C4H9BN2O3P. The predicted octanol–water partition coefficient (Wildman–Crippen LogP) is -1.12. The molecule has 0 bridgehead atoms. The number of carbonyl (C=O) groups excluding carboxylic acids is 1. The van der Waals surface area contributed by atoms with Gasteiger partial charge in [-0.15, -0.1) is 0 Å². The Kier molecular flexibility index (Phi) is 5.79. The summed E-state index contributed by atoms with van der Waals surface area (Å²) in [6.45, 7) is 0. The van der Waals surface area contributed by atoms with Crippen molar-refractivity contribution in [2.75, 3.05) is 0 Å². The fourth-order valence-corrected chi connectivity index (χ4v) is 0.498. The Labute approximate surface area is 67.5 Å². The van der Waals surface area contributed by atoms with Crippen molar-refractivity contribution >= 4 is 28.8 Å². The second-order valence-corrected chi connectivity index (χ2v) is 2.11. The van der Waals surface area contributed by atoms with Crippen LogP contribution in [0.1, 0.15) is 12.8 Å². The topological polar surface area (TPSA) is 78.4 Å². The lowest BCUT2D eigenvalue weighted by molar-refractivity contribution is -0.138. The molecule has 0 fully saturated rings. The van der Waals surface area contributed by atoms with Gasteiger partial charge in [0.25, 0.3) is 0 Å². The first-order valence-electron chi connectivity index (χ1n) is 2.95. The second-order valence-electron chi connectivity index (χ2n) is 1.77. The SMILES string of the molecule is O=C(O)CCC(=O)N[B]NP. The molecule has 0 saturated carbocycles. The molecule has 0 heterocycles. The summed E-state index contributed by atoms with van der Waals surface area (Å²) < 4.78 is 0. The van der Waals surface area contributed by atoms with E-state index in [1.165, 1.54) is 7.55 Å². The quantitative estimate of drug-likeness (QED) is 0.365. The van der Waals surface area contributed by atoms with Gasteiger partial charge >= 0.3 is 13.5 Å². The molecule has 61 valence electrons. The summed E-state index contributed by atoms with van der Waals surface area (Å²) in [6, 6.07) is 0.